The average Bonchev–Trinajstić information content (AvgIpc) is 3.23. The van der Waals surface area contributed by atoms with Crippen molar-refractivity contribution in [1.29, 1.82) is 0 Å². The molecule has 0 aromatic heterocycles. The number of rotatable bonds is 10. The summed E-state index contributed by atoms with van der Waals surface area (Å²) in [7, 11) is 0. The summed E-state index contributed by atoms with van der Waals surface area (Å²) in [5.41, 5.74) is 0.368. The highest BCUT2D eigenvalue weighted by Gasteiger charge is 2.21. The average molecular weight is 457 g/mol. The summed E-state index contributed by atoms with van der Waals surface area (Å²) >= 11 is 0. The van der Waals surface area contributed by atoms with Crippen molar-refractivity contribution in [1.82, 2.24) is 0 Å². The van der Waals surface area contributed by atoms with E-state index in [0.29, 0.717) is 31.1 Å². The zero-order valence-corrected chi connectivity index (χ0v) is 17.9. The third-order valence-electron chi connectivity index (χ3n) is 4.69. The molecule has 0 spiro atoms. The van der Waals surface area contributed by atoms with Gasteiger partial charge in [0.05, 0.1) is 17.6 Å². The molecule has 1 aliphatic rings. The summed E-state index contributed by atoms with van der Waals surface area (Å²) in [6.07, 6.45) is 1.35. The van der Waals surface area contributed by atoms with Crippen LogP contribution in [-0.2, 0) is 19.1 Å². The van der Waals surface area contributed by atoms with Crippen molar-refractivity contribution in [3.8, 4) is 11.5 Å². The lowest BCUT2D eigenvalue weighted by molar-refractivity contribution is -0.384. The van der Waals surface area contributed by atoms with Gasteiger partial charge in [0.1, 0.15) is 17.2 Å². The number of nitro benzene ring substituents is 1. The van der Waals surface area contributed by atoms with E-state index in [0.717, 1.165) is 12.1 Å². The van der Waals surface area contributed by atoms with E-state index in [1.807, 2.05) is 0 Å². The van der Waals surface area contributed by atoms with Crippen molar-refractivity contribution < 1.29 is 33.5 Å². The van der Waals surface area contributed by atoms with E-state index < -0.39 is 30.0 Å². The van der Waals surface area contributed by atoms with E-state index in [4.69, 9.17) is 14.2 Å². The highest BCUT2D eigenvalue weighted by molar-refractivity contribution is 5.95. The van der Waals surface area contributed by atoms with Crippen LogP contribution < -0.4 is 19.7 Å². The number of benzene rings is 2. The van der Waals surface area contributed by atoms with E-state index in [9.17, 15) is 24.5 Å². The molecule has 0 unspecified atom stereocenters. The van der Waals surface area contributed by atoms with Gasteiger partial charge in [0.25, 0.3) is 11.6 Å². The lowest BCUT2D eigenvalue weighted by Crippen LogP contribution is -2.24. The number of hydrogen-bond donors (Lipinski definition) is 1. The fourth-order valence-electron chi connectivity index (χ4n) is 3.18. The predicted molar refractivity (Wildman–Crippen MR) is 117 cm³/mol. The van der Waals surface area contributed by atoms with E-state index in [2.05, 4.69) is 5.32 Å². The van der Waals surface area contributed by atoms with Crippen LogP contribution in [0, 0.1) is 10.1 Å². The molecule has 1 fully saturated rings. The van der Waals surface area contributed by atoms with E-state index in [1.165, 1.54) is 18.2 Å². The Morgan fingerprint density at radius 2 is 1.82 bits per heavy atom. The van der Waals surface area contributed by atoms with Gasteiger partial charge in [-0.15, -0.1) is 0 Å². The number of nitro groups is 1. The van der Waals surface area contributed by atoms with Crippen LogP contribution in [-0.4, -0.2) is 49.1 Å². The summed E-state index contributed by atoms with van der Waals surface area (Å²) in [6, 6.07) is 10.7. The molecule has 2 amide bonds. The van der Waals surface area contributed by atoms with Crippen LogP contribution in [0.2, 0.25) is 0 Å². The molecule has 0 atom stereocenters. The first kappa shape index (κ1) is 23.5. The van der Waals surface area contributed by atoms with Crippen LogP contribution in [0.1, 0.15) is 19.8 Å². The second-order valence-electron chi connectivity index (χ2n) is 7.01. The zero-order chi connectivity index (χ0) is 23.8. The molecule has 33 heavy (non-hydrogen) atoms. The zero-order valence-electron chi connectivity index (χ0n) is 17.9. The van der Waals surface area contributed by atoms with Crippen molar-refractivity contribution in [2.24, 2.45) is 0 Å². The molecule has 2 aromatic rings. The molecule has 1 N–H and O–H groups in total. The summed E-state index contributed by atoms with van der Waals surface area (Å²) in [5, 5.41) is 13.6. The molecule has 1 heterocycles. The molecule has 0 bridgehead atoms. The number of amides is 2. The number of nitrogens with zero attached hydrogens (tertiary/aromatic N) is 2. The van der Waals surface area contributed by atoms with Gasteiger partial charge >= 0.3 is 5.97 Å². The first-order valence-corrected chi connectivity index (χ1v) is 10.3. The highest BCUT2D eigenvalue weighted by atomic mass is 16.6. The predicted octanol–water partition coefficient (Wildman–Crippen LogP) is 2.68. The molecular formula is C22H23N3O8. The second kappa shape index (κ2) is 10.9. The Morgan fingerprint density at radius 3 is 2.45 bits per heavy atom. The molecule has 174 valence electrons. The van der Waals surface area contributed by atoms with E-state index >= 15 is 0 Å². The number of carbonyl (C=O) groups is 3. The van der Waals surface area contributed by atoms with Gasteiger partial charge in [-0.05, 0) is 49.7 Å². The molecule has 11 heteroatoms. The second-order valence-corrected chi connectivity index (χ2v) is 7.01. The Balaban J connectivity index is 1.45. The molecule has 3 rings (SSSR count). The topological polar surface area (TPSA) is 137 Å². The molecule has 1 saturated heterocycles. The van der Waals surface area contributed by atoms with Crippen molar-refractivity contribution in [2.45, 2.75) is 19.8 Å². The summed E-state index contributed by atoms with van der Waals surface area (Å²) in [4.78, 5) is 48.0. The fraction of sp³-hybridized carbons (Fsp3) is 0.318. The molecule has 0 aliphatic carbocycles. The van der Waals surface area contributed by atoms with Crippen LogP contribution in [0.25, 0.3) is 0 Å². The molecular weight excluding hydrogens is 434 g/mol. The smallest absolute Gasteiger partial charge is 0.344 e. The Kier molecular flexibility index (Phi) is 7.79. The van der Waals surface area contributed by atoms with Gasteiger partial charge in [-0.1, -0.05) is 0 Å². The van der Waals surface area contributed by atoms with Gasteiger partial charge in [-0.2, -0.15) is 0 Å². The molecule has 0 saturated carbocycles. The monoisotopic (exact) mass is 457 g/mol. The Morgan fingerprint density at radius 1 is 1.09 bits per heavy atom. The maximum Gasteiger partial charge on any atom is 0.344 e. The maximum atomic E-state index is 12.1. The quantitative estimate of drug-likeness (QED) is 0.327. The molecule has 2 aromatic carbocycles. The van der Waals surface area contributed by atoms with E-state index in [1.54, 1.807) is 36.1 Å². The lowest BCUT2D eigenvalue weighted by Gasteiger charge is -2.16. The number of ether oxygens (including phenoxy) is 3. The third-order valence-corrected chi connectivity index (χ3v) is 4.69. The minimum atomic E-state index is -0.787. The molecule has 1 aliphatic heterocycles. The van der Waals surface area contributed by atoms with Crippen LogP contribution in [0.5, 0.6) is 11.5 Å². The van der Waals surface area contributed by atoms with Crippen LogP contribution >= 0.6 is 0 Å². The van der Waals surface area contributed by atoms with E-state index in [-0.39, 0.29) is 17.3 Å². The van der Waals surface area contributed by atoms with Gasteiger partial charge in [0.15, 0.2) is 13.2 Å². The SMILES string of the molecule is CCOc1ccc(NC(=O)COC(=O)COc2ccc(N3CCCC3=O)cc2)c([N+](=O)[O-])c1. The van der Waals surface area contributed by atoms with Gasteiger partial charge in [0, 0.05) is 18.7 Å². The van der Waals surface area contributed by atoms with Crippen LogP contribution in [0.4, 0.5) is 17.1 Å². The molecule has 11 nitrogen and oxygen atoms in total. The maximum absolute atomic E-state index is 12.1. The summed E-state index contributed by atoms with van der Waals surface area (Å²) < 4.78 is 15.4. The summed E-state index contributed by atoms with van der Waals surface area (Å²) in [6.45, 7) is 1.68. The van der Waals surface area contributed by atoms with Gasteiger partial charge in [-0.3, -0.25) is 19.7 Å². The van der Waals surface area contributed by atoms with Crippen molar-refractivity contribution in [3.63, 3.8) is 0 Å². The van der Waals surface area contributed by atoms with Gasteiger partial charge < -0.3 is 24.4 Å². The number of anilines is 2. The first-order valence-electron chi connectivity index (χ1n) is 10.3. The van der Waals surface area contributed by atoms with Crippen LogP contribution in [0.3, 0.4) is 0 Å². The number of esters is 1. The Bertz CT molecular complexity index is 1040. The minimum Gasteiger partial charge on any atom is -0.494 e. The Labute approximate surface area is 189 Å². The normalized spacial score (nSPS) is 12.9. The van der Waals surface area contributed by atoms with Crippen molar-refractivity contribution >= 4 is 34.8 Å². The summed E-state index contributed by atoms with van der Waals surface area (Å²) in [5.74, 6) is -0.760. The fourth-order valence-corrected chi connectivity index (χ4v) is 3.18. The van der Waals surface area contributed by atoms with Crippen molar-refractivity contribution in [2.75, 3.05) is 36.6 Å². The highest BCUT2D eigenvalue weighted by Crippen LogP contribution is 2.29. The lowest BCUT2D eigenvalue weighted by atomic mass is 10.2. The largest absolute Gasteiger partial charge is 0.494 e. The van der Waals surface area contributed by atoms with Gasteiger partial charge in [0.2, 0.25) is 5.91 Å². The van der Waals surface area contributed by atoms with Crippen LogP contribution in [0.15, 0.2) is 42.5 Å². The van der Waals surface area contributed by atoms with Crippen molar-refractivity contribution in [3.05, 3.63) is 52.6 Å². The number of hydrogen-bond acceptors (Lipinski definition) is 8. The third kappa shape index (κ3) is 6.42. The van der Waals surface area contributed by atoms with Gasteiger partial charge in [-0.25, -0.2) is 4.79 Å². The number of nitrogens with one attached hydrogen (secondary N) is 1. The standard InChI is InChI=1S/C22H23N3O8/c1-2-31-17-9-10-18(19(12-17)25(29)30)23-20(26)13-33-22(28)14-32-16-7-5-15(6-8-16)24-11-3-4-21(24)27/h5-10,12H,2-4,11,13-14H2,1H3,(H,23,26). The Hall–Kier alpha value is -4.15. The molecule has 0 radical (unpaired) electrons. The first-order chi connectivity index (χ1) is 15.9. The minimum absolute atomic E-state index is 0.0441. The number of carbonyl (C=O) groups excluding carboxylic acids is 3.